The molecule has 0 unspecified atom stereocenters. The molecular weight excluding hydrogens is 1200 g/mol. The highest BCUT2D eigenvalue weighted by Gasteiger charge is 2.27. The van der Waals surface area contributed by atoms with E-state index in [-0.39, 0.29) is 21.7 Å². The summed E-state index contributed by atoms with van der Waals surface area (Å²) in [6, 6.07) is 4.81. The molecule has 0 amide bonds. The summed E-state index contributed by atoms with van der Waals surface area (Å²) in [5.41, 5.74) is 8.44. The van der Waals surface area contributed by atoms with Gasteiger partial charge in [-0.15, -0.1) is 0 Å². The molecule has 38 heteroatoms. The van der Waals surface area contributed by atoms with Gasteiger partial charge in [-0.05, 0) is 6.07 Å². The molecule has 13 aromatic rings. The third kappa shape index (κ3) is 12.0. The fraction of sp³-hybridized carbons (Fsp3) is 0.302. The van der Waals surface area contributed by atoms with Gasteiger partial charge >= 0.3 is 0 Å². The zero-order valence-corrected chi connectivity index (χ0v) is 49.0. The Balaban J connectivity index is 0.000000106. The van der Waals surface area contributed by atoms with E-state index < -0.39 is 0 Å². The zero-order chi connectivity index (χ0) is 61.6. The number of nitrogens with zero attached hydrogens (tertiary/aromatic N) is 26. The third-order valence-electron chi connectivity index (χ3n) is 15.8. The van der Waals surface area contributed by atoms with Gasteiger partial charge in [-0.2, -0.15) is 15.3 Å². The average Bonchev–Trinajstić information content (AvgIpc) is 3.81. The molecule has 8 N–H and O–H groups in total. The summed E-state index contributed by atoms with van der Waals surface area (Å²) in [7, 11) is 0. The Morgan fingerprint density at radius 2 is 0.681 bits per heavy atom. The van der Waals surface area contributed by atoms with Gasteiger partial charge in [0.15, 0.2) is 57.3 Å². The van der Waals surface area contributed by atoms with Crippen LogP contribution >= 0.6 is 11.6 Å². The molecule has 462 valence electrons. The van der Waals surface area contributed by atoms with Crippen LogP contribution in [-0.2, 0) is 0 Å². The standard InChI is InChI=1S/C14H14N10.C13H13ClN8O.2C13H14N8O/c1-2-24(14-10-12(18-6-16-10)20-8-22-14)4-3-23(1)13-9-11(17-5-15-9)19-7-21-13;14-9-8(5-19-20-13(9)23)21-1-3-22(4-2-21)12-10-11(16-6-15-10)17-7-18-12;22-10-5-9(6-18-19-10)20-1-3-21(4-2-20)13-11-12(15-7-14-11)16-8-17-13;22-10-2-1-9(18-19-10)20-3-5-21(6-4-20)13-11-12(15-7-14-11)16-8-17-13/h5-8H,1-4H2,(H,15,17,19,21)(H,16,18,20,22);5-7H,1-4H2,(H,20,23)(H,15,16,17,18);5-8H,1-4H2,(H,19,22)(H,14,15,16,17);1-2,7-8H,3-6H2,(H,19,22)(H,14,15,16,17). The lowest BCUT2D eigenvalue weighted by atomic mass is 10.2. The first-order valence-electron chi connectivity index (χ1n) is 28.8. The van der Waals surface area contributed by atoms with Crippen LogP contribution in [0.2, 0.25) is 5.02 Å². The van der Waals surface area contributed by atoms with Gasteiger partial charge in [-0.25, -0.2) is 90.1 Å². The summed E-state index contributed by atoms with van der Waals surface area (Å²) in [5.74, 6) is 5.15. The summed E-state index contributed by atoms with van der Waals surface area (Å²) in [5, 5.41) is 19.1. The summed E-state index contributed by atoms with van der Waals surface area (Å²) in [6.07, 6.45) is 19.1. The molecule has 0 bridgehead atoms. The molecule has 17 rings (SSSR count). The predicted molar refractivity (Wildman–Crippen MR) is 336 cm³/mol. The number of hydrogen-bond donors (Lipinski definition) is 8. The van der Waals surface area contributed by atoms with E-state index in [9.17, 15) is 14.4 Å². The number of fused-ring (bicyclic) bond motifs is 5. The number of hydrogen-bond acceptors (Lipinski definition) is 29. The number of imidazole rings is 5. The summed E-state index contributed by atoms with van der Waals surface area (Å²) >= 11 is 6.07. The Kier molecular flexibility index (Phi) is 15.9. The number of piperazine rings is 4. The normalized spacial score (nSPS) is 15.4. The molecule has 37 nitrogen and oxygen atoms in total. The number of aromatic nitrogens is 26. The van der Waals surface area contributed by atoms with Crippen molar-refractivity contribution >= 4 is 114 Å². The van der Waals surface area contributed by atoms with Crippen molar-refractivity contribution in [3.05, 3.63) is 130 Å². The fourth-order valence-corrected chi connectivity index (χ4v) is 11.4. The first kappa shape index (κ1) is 56.9. The van der Waals surface area contributed by atoms with Crippen LogP contribution in [0, 0.1) is 0 Å². The maximum Gasteiger partial charge on any atom is 0.285 e. The SMILES string of the molecule is O=c1[nH]ncc(N2CCN(c3ncnc4nc[nH]c34)CC2)c1Cl.O=c1cc(N2CCN(c3ncnc4nc[nH]c34)CC2)cn[nH]1.O=c1ccc(N2CCN(c3ncnc4nc[nH]c34)CC2)n[nH]1.c1nc(N2CCN(c3ncnc4nc[nH]c34)CC2)c2[nH]cnc2n1. The van der Waals surface area contributed by atoms with Gasteiger partial charge in [0, 0.05) is 117 Å². The minimum absolute atomic E-state index is 0.173. The van der Waals surface area contributed by atoms with Crippen LogP contribution in [0.3, 0.4) is 0 Å². The molecule has 17 heterocycles. The largest absolute Gasteiger partial charge is 0.367 e. The topological polar surface area (TPSA) is 435 Å². The van der Waals surface area contributed by atoms with Gasteiger partial charge < -0.3 is 64.1 Å². The first-order chi connectivity index (χ1) is 44.8. The highest BCUT2D eigenvalue weighted by Crippen LogP contribution is 2.29. The van der Waals surface area contributed by atoms with E-state index in [1.807, 2.05) is 4.90 Å². The van der Waals surface area contributed by atoms with Crippen molar-refractivity contribution in [1.29, 1.82) is 0 Å². The van der Waals surface area contributed by atoms with Crippen LogP contribution in [-0.4, -0.2) is 235 Å². The van der Waals surface area contributed by atoms with E-state index in [2.05, 4.69) is 165 Å². The van der Waals surface area contributed by atoms with Crippen LogP contribution in [0.1, 0.15) is 0 Å². The molecule has 13 aromatic heterocycles. The quantitative estimate of drug-likeness (QED) is 0.101. The lowest BCUT2D eigenvalue weighted by Gasteiger charge is -2.36. The number of rotatable bonds is 8. The highest BCUT2D eigenvalue weighted by atomic mass is 35.5. The molecule has 0 aromatic carbocycles. The van der Waals surface area contributed by atoms with Crippen LogP contribution in [0.5, 0.6) is 0 Å². The van der Waals surface area contributed by atoms with Crippen molar-refractivity contribution in [3.63, 3.8) is 0 Å². The Bertz CT molecular complexity index is 4690. The molecule has 0 atom stereocenters. The van der Waals surface area contributed by atoms with Crippen molar-refractivity contribution in [3.8, 4) is 0 Å². The van der Waals surface area contributed by atoms with Crippen molar-refractivity contribution in [1.82, 2.24) is 130 Å². The van der Waals surface area contributed by atoms with Gasteiger partial charge in [-0.1, -0.05) is 11.6 Å². The van der Waals surface area contributed by atoms with Gasteiger partial charge in [0.25, 0.3) is 16.7 Å². The van der Waals surface area contributed by atoms with Crippen molar-refractivity contribution < 1.29 is 0 Å². The Labute approximate surface area is 516 Å². The Morgan fingerprint density at radius 1 is 0.341 bits per heavy atom. The summed E-state index contributed by atoms with van der Waals surface area (Å²) in [6.45, 7) is 12.7. The second-order valence-electron chi connectivity index (χ2n) is 20.9. The van der Waals surface area contributed by atoms with Crippen molar-refractivity contribution in [2.24, 2.45) is 0 Å². The second-order valence-corrected chi connectivity index (χ2v) is 21.2. The van der Waals surface area contributed by atoms with Crippen molar-refractivity contribution in [2.45, 2.75) is 0 Å². The lowest BCUT2D eigenvalue weighted by molar-refractivity contribution is 0.638. The van der Waals surface area contributed by atoms with Crippen LogP contribution < -0.4 is 55.9 Å². The molecule has 0 spiro atoms. The van der Waals surface area contributed by atoms with Gasteiger partial charge in [0.1, 0.15) is 70.1 Å². The molecule has 0 radical (unpaired) electrons. The average molecular weight is 1250 g/mol. The summed E-state index contributed by atoms with van der Waals surface area (Å²) in [4.78, 5) is 130. The van der Waals surface area contributed by atoms with Gasteiger partial charge in [0.05, 0.1) is 55.4 Å². The minimum atomic E-state index is -0.374. The second kappa shape index (κ2) is 25.4. The molecule has 91 heavy (non-hydrogen) atoms. The van der Waals surface area contributed by atoms with Gasteiger partial charge in [-0.3, -0.25) is 14.4 Å². The molecule has 4 aliphatic heterocycles. The highest BCUT2D eigenvalue weighted by molar-refractivity contribution is 6.33. The number of anilines is 8. The van der Waals surface area contributed by atoms with E-state index in [1.165, 1.54) is 25.0 Å². The first-order valence-corrected chi connectivity index (χ1v) is 29.2. The Hall–Kier alpha value is -11.9. The Morgan fingerprint density at radius 3 is 1.03 bits per heavy atom. The predicted octanol–water partition coefficient (Wildman–Crippen LogP) is 0.288. The number of halogens is 1. The maximum atomic E-state index is 11.6. The van der Waals surface area contributed by atoms with E-state index in [4.69, 9.17) is 11.6 Å². The molecular formula is C53H55ClN34O3. The van der Waals surface area contributed by atoms with Crippen molar-refractivity contribution in [2.75, 3.05) is 144 Å². The molecule has 0 saturated carbocycles. The number of H-pyrrole nitrogens is 8. The van der Waals surface area contributed by atoms with Crippen LogP contribution in [0.15, 0.2) is 108 Å². The zero-order valence-electron chi connectivity index (χ0n) is 48.2. The smallest absolute Gasteiger partial charge is 0.285 e. The molecule has 0 aliphatic carbocycles. The fourth-order valence-electron chi connectivity index (χ4n) is 11.2. The third-order valence-corrected chi connectivity index (χ3v) is 16.1. The number of nitrogens with one attached hydrogen (secondary N) is 8. The maximum absolute atomic E-state index is 11.6. The van der Waals surface area contributed by atoms with Crippen LogP contribution in [0.25, 0.3) is 55.8 Å². The van der Waals surface area contributed by atoms with E-state index in [0.717, 1.165) is 160 Å². The minimum Gasteiger partial charge on any atom is -0.367 e. The number of aromatic amines is 8. The van der Waals surface area contributed by atoms with Crippen LogP contribution in [0.4, 0.5) is 46.3 Å². The molecule has 4 aliphatic rings. The lowest BCUT2D eigenvalue weighted by Crippen LogP contribution is -2.47. The van der Waals surface area contributed by atoms with E-state index in [0.29, 0.717) is 47.0 Å². The van der Waals surface area contributed by atoms with Gasteiger partial charge in [0.2, 0.25) is 0 Å². The molecule has 4 saturated heterocycles. The molecule has 4 fully saturated rings. The monoisotopic (exact) mass is 1250 g/mol. The van der Waals surface area contributed by atoms with E-state index >= 15 is 0 Å². The summed E-state index contributed by atoms with van der Waals surface area (Å²) < 4.78 is 0. The van der Waals surface area contributed by atoms with E-state index in [1.54, 1.807) is 68.8 Å².